The van der Waals surface area contributed by atoms with Crippen LogP contribution in [0, 0.1) is 0 Å². The van der Waals surface area contributed by atoms with Crippen molar-refractivity contribution in [1.29, 1.82) is 0 Å². The van der Waals surface area contributed by atoms with Crippen LogP contribution in [0.3, 0.4) is 0 Å². The van der Waals surface area contributed by atoms with Gasteiger partial charge in [0.05, 0.1) is 11.2 Å². The van der Waals surface area contributed by atoms with Crippen LogP contribution in [-0.4, -0.2) is 35.4 Å². The van der Waals surface area contributed by atoms with E-state index in [9.17, 15) is 9.59 Å². The average Bonchev–Trinajstić information content (AvgIpc) is 3.17. The molecule has 1 amide bonds. The summed E-state index contributed by atoms with van der Waals surface area (Å²) in [6, 6.07) is 13.5. The zero-order valence-electron chi connectivity index (χ0n) is 14.3. The van der Waals surface area contributed by atoms with Crippen LogP contribution >= 0.6 is 11.3 Å². The SMILES string of the molecule is CN(Cc1ccsc1)C(=O)COC(=O)/C=C/c1ccc2ccccc2n1. The first-order valence-electron chi connectivity index (χ1n) is 8.07. The summed E-state index contributed by atoms with van der Waals surface area (Å²) in [4.78, 5) is 29.8. The van der Waals surface area contributed by atoms with Crippen LogP contribution < -0.4 is 0 Å². The molecule has 3 aromatic rings. The zero-order chi connectivity index (χ0) is 18.4. The predicted molar refractivity (Wildman–Crippen MR) is 103 cm³/mol. The maximum absolute atomic E-state index is 12.0. The minimum absolute atomic E-state index is 0.248. The molecule has 0 bridgehead atoms. The summed E-state index contributed by atoms with van der Waals surface area (Å²) in [5, 5.41) is 4.97. The van der Waals surface area contributed by atoms with Crippen LogP contribution in [0.2, 0.25) is 0 Å². The molecule has 6 heteroatoms. The summed E-state index contributed by atoms with van der Waals surface area (Å²) in [7, 11) is 1.68. The smallest absolute Gasteiger partial charge is 0.331 e. The number of aromatic nitrogens is 1. The number of para-hydroxylation sites is 1. The lowest BCUT2D eigenvalue weighted by atomic mass is 10.2. The van der Waals surface area contributed by atoms with Gasteiger partial charge >= 0.3 is 5.97 Å². The summed E-state index contributed by atoms with van der Waals surface area (Å²) in [6.07, 6.45) is 2.86. The first-order valence-corrected chi connectivity index (χ1v) is 9.02. The first kappa shape index (κ1) is 17.8. The minimum Gasteiger partial charge on any atom is -0.452 e. The Morgan fingerprint density at radius 1 is 1.19 bits per heavy atom. The third-order valence-corrected chi connectivity index (χ3v) is 4.51. The van der Waals surface area contributed by atoms with Crippen molar-refractivity contribution in [3.05, 3.63) is 70.6 Å². The molecule has 132 valence electrons. The molecule has 0 aliphatic rings. The van der Waals surface area contributed by atoms with Crippen LogP contribution in [0.4, 0.5) is 0 Å². The van der Waals surface area contributed by atoms with E-state index in [2.05, 4.69) is 4.98 Å². The van der Waals surface area contributed by atoms with Gasteiger partial charge in [0.25, 0.3) is 5.91 Å². The largest absolute Gasteiger partial charge is 0.452 e. The van der Waals surface area contributed by atoms with E-state index in [-0.39, 0.29) is 12.5 Å². The molecule has 0 N–H and O–H groups in total. The fourth-order valence-corrected chi connectivity index (χ4v) is 3.02. The molecule has 0 aliphatic carbocycles. The summed E-state index contributed by atoms with van der Waals surface area (Å²) in [5.74, 6) is -0.820. The fourth-order valence-electron chi connectivity index (χ4n) is 2.36. The molecule has 3 rings (SSSR count). The highest BCUT2D eigenvalue weighted by molar-refractivity contribution is 7.07. The third kappa shape index (κ3) is 4.77. The summed E-state index contributed by atoms with van der Waals surface area (Å²) < 4.78 is 5.01. The quantitative estimate of drug-likeness (QED) is 0.495. The number of carbonyl (C=O) groups is 2. The average molecular weight is 366 g/mol. The Hall–Kier alpha value is -2.99. The highest BCUT2D eigenvalue weighted by Crippen LogP contribution is 2.12. The van der Waals surface area contributed by atoms with Crippen LogP contribution in [0.5, 0.6) is 0 Å². The molecule has 0 fully saturated rings. The van der Waals surface area contributed by atoms with Gasteiger partial charge in [-0.25, -0.2) is 9.78 Å². The number of fused-ring (bicyclic) bond motifs is 1. The Kier molecular flexibility index (Phi) is 5.76. The summed E-state index contributed by atoms with van der Waals surface area (Å²) >= 11 is 1.58. The van der Waals surface area contributed by atoms with Gasteiger partial charge in [-0.2, -0.15) is 11.3 Å². The molecular formula is C20H18N2O3S. The number of rotatable bonds is 6. The lowest BCUT2D eigenvalue weighted by Gasteiger charge is -2.15. The molecule has 0 spiro atoms. The van der Waals surface area contributed by atoms with Crippen LogP contribution in [-0.2, 0) is 20.9 Å². The van der Waals surface area contributed by atoms with Crippen LogP contribution in [0.1, 0.15) is 11.3 Å². The standard InChI is InChI=1S/C20H18N2O3S/c1-22(12-15-10-11-26-14-15)19(23)13-25-20(24)9-8-17-7-6-16-4-2-3-5-18(16)21-17/h2-11,14H,12-13H2,1H3/b9-8+. The number of benzene rings is 1. The fraction of sp³-hybridized carbons (Fsp3) is 0.150. The zero-order valence-corrected chi connectivity index (χ0v) is 15.1. The Labute approximate surface area is 155 Å². The van der Waals surface area contributed by atoms with Gasteiger partial charge < -0.3 is 9.64 Å². The molecule has 5 nitrogen and oxygen atoms in total. The van der Waals surface area contributed by atoms with Gasteiger partial charge in [-0.3, -0.25) is 4.79 Å². The normalized spacial score (nSPS) is 11.0. The number of esters is 1. The van der Waals surface area contributed by atoms with Crippen molar-refractivity contribution < 1.29 is 14.3 Å². The number of carbonyl (C=O) groups excluding carboxylic acids is 2. The number of hydrogen-bond acceptors (Lipinski definition) is 5. The van der Waals surface area contributed by atoms with Crippen molar-refractivity contribution >= 4 is 40.2 Å². The molecule has 0 atom stereocenters. The summed E-state index contributed by atoms with van der Waals surface area (Å²) in [6.45, 7) is 0.214. The van der Waals surface area contributed by atoms with Gasteiger partial charge in [-0.1, -0.05) is 24.3 Å². The molecule has 2 heterocycles. The van der Waals surface area contributed by atoms with Crippen molar-refractivity contribution in [1.82, 2.24) is 9.88 Å². The second-order valence-electron chi connectivity index (χ2n) is 5.75. The van der Waals surface area contributed by atoms with Crippen molar-refractivity contribution in [2.24, 2.45) is 0 Å². The number of ether oxygens (including phenoxy) is 1. The lowest BCUT2D eigenvalue weighted by Crippen LogP contribution is -2.30. The second-order valence-corrected chi connectivity index (χ2v) is 6.53. The van der Waals surface area contributed by atoms with Crippen LogP contribution in [0.15, 0.2) is 59.3 Å². The predicted octanol–water partition coefficient (Wildman–Crippen LogP) is 3.51. The van der Waals surface area contributed by atoms with E-state index >= 15 is 0 Å². The topological polar surface area (TPSA) is 59.5 Å². The summed E-state index contributed by atoms with van der Waals surface area (Å²) in [5.41, 5.74) is 2.56. The van der Waals surface area contributed by atoms with Crippen molar-refractivity contribution in [2.45, 2.75) is 6.54 Å². The first-order chi connectivity index (χ1) is 12.6. The molecule has 0 unspecified atom stereocenters. The number of amides is 1. The maximum atomic E-state index is 12.0. The highest BCUT2D eigenvalue weighted by atomic mass is 32.1. The van der Waals surface area contributed by atoms with Crippen LogP contribution in [0.25, 0.3) is 17.0 Å². The van der Waals surface area contributed by atoms with E-state index in [1.165, 1.54) is 11.0 Å². The van der Waals surface area contributed by atoms with Crippen molar-refractivity contribution in [3.8, 4) is 0 Å². The Morgan fingerprint density at radius 3 is 2.85 bits per heavy atom. The molecule has 0 radical (unpaired) electrons. The molecule has 0 aliphatic heterocycles. The molecular weight excluding hydrogens is 348 g/mol. The van der Waals surface area contributed by atoms with E-state index in [0.717, 1.165) is 16.5 Å². The maximum Gasteiger partial charge on any atom is 0.331 e. The number of thiophene rings is 1. The third-order valence-electron chi connectivity index (χ3n) is 3.77. The number of hydrogen-bond donors (Lipinski definition) is 0. The Balaban J connectivity index is 1.51. The van der Waals surface area contributed by atoms with Gasteiger partial charge in [0.1, 0.15) is 0 Å². The number of nitrogens with zero attached hydrogens (tertiary/aromatic N) is 2. The lowest BCUT2D eigenvalue weighted by molar-refractivity contribution is -0.147. The molecule has 1 aromatic carbocycles. The van der Waals surface area contributed by atoms with Crippen molar-refractivity contribution in [3.63, 3.8) is 0 Å². The van der Waals surface area contributed by atoms with Gasteiger partial charge in [0, 0.05) is 25.1 Å². The van der Waals surface area contributed by atoms with E-state index in [1.54, 1.807) is 24.5 Å². The molecule has 2 aromatic heterocycles. The van der Waals surface area contributed by atoms with Gasteiger partial charge in [0.2, 0.25) is 0 Å². The highest BCUT2D eigenvalue weighted by Gasteiger charge is 2.11. The van der Waals surface area contributed by atoms with Gasteiger partial charge in [0.15, 0.2) is 6.61 Å². The monoisotopic (exact) mass is 366 g/mol. The molecule has 26 heavy (non-hydrogen) atoms. The molecule has 0 saturated carbocycles. The van der Waals surface area contributed by atoms with Gasteiger partial charge in [-0.15, -0.1) is 0 Å². The van der Waals surface area contributed by atoms with E-state index in [1.807, 2.05) is 53.2 Å². The number of pyridine rings is 1. The van der Waals surface area contributed by atoms with E-state index < -0.39 is 5.97 Å². The van der Waals surface area contributed by atoms with E-state index in [0.29, 0.717) is 12.2 Å². The van der Waals surface area contributed by atoms with Crippen molar-refractivity contribution in [2.75, 3.05) is 13.7 Å². The Morgan fingerprint density at radius 2 is 2.04 bits per heavy atom. The molecule has 0 saturated heterocycles. The Bertz CT molecular complexity index is 935. The van der Waals surface area contributed by atoms with Gasteiger partial charge in [-0.05, 0) is 40.6 Å². The minimum atomic E-state index is -0.572. The van der Waals surface area contributed by atoms with E-state index in [4.69, 9.17) is 4.74 Å². The second kappa shape index (κ2) is 8.40. The number of likely N-dealkylation sites (N-methyl/N-ethyl adjacent to an activating group) is 1.